The van der Waals surface area contributed by atoms with E-state index >= 15 is 0 Å². The summed E-state index contributed by atoms with van der Waals surface area (Å²) in [6, 6.07) is 12.5. The predicted octanol–water partition coefficient (Wildman–Crippen LogP) is 7.19. The standard InChI is InChI=1S/C27H38O3/c1-9-26(6,7)25(28)29-23-14-12-21(16-19(23)4)18-22-13-15-24(20(5)17-22)30-27(8,10-2)11-3/h12-17H,9-11,18H2,1-8H3. The third kappa shape index (κ3) is 5.87. The lowest BCUT2D eigenvalue weighted by Gasteiger charge is -2.29. The Kier molecular flexibility index (Phi) is 7.74. The molecule has 2 aromatic rings. The molecule has 3 nitrogen and oxygen atoms in total. The molecule has 2 rings (SSSR count). The largest absolute Gasteiger partial charge is 0.487 e. The van der Waals surface area contributed by atoms with Crippen LogP contribution in [0, 0.1) is 19.3 Å². The molecule has 0 N–H and O–H groups in total. The number of aryl methyl sites for hydroxylation is 2. The van der Waals surface area contributed by atoms with Crippen LogP contribution < -0.4 is 9.47 Å². The van der Waals surface area contributed by atoms with E-state index in [1.807, 2.05) is 39.8 Å². The van der Waals surface area contributed by atoms with Crippen LogP contribution in [0.25, 0.3) is 0 Å². The van der Waals surface area contributed by atoms with Crippen LogP contribution in [0.1, 0.15) is 83.1 Å². The molecule has 0 saturated carbocycles. The van der Waals surface area contributed by atoms with Gasteiger partial charge in [0.15, 0.2) is 0 Å². The van der Waals surface area contributed by atoms with Crippen molar-refractivity contribution < 1.29 is 14.3 Å². The monoisotopic (exact) mass is 410 g/mol. The normalized spacial score (nSPS) is 12.0. The van der Waals surface area contributed by atoms with Gasteiger partial charge < -0.3 is 9.47 Å². The van der Waals surface area contributed by atoms with Gasteiger partial charge in [-0.05, 0) is 94.7 Å². The summed E-state index contributed by atoms with van der Waals surface area (Å²) >= 11 is 0. The maximum Gasteiger partial charge on any atom is 0.316 e. The highest BCUT2D eigenvalue weighted by Gasteiger charge is 2.28. The van der Waals surface area contributed by atoms with Gasteiger partial charge in [0, 0.05) is 0 Å². The molecule has 0 aliphatic carbocycles. The van der Waals surface area contributed by atoms with Gasteiger partial charge in [-0.3, -0.25) is 4.79 Å². The van der Waals surface area contributed by atoms with E-state index in [2.05, 4.69) is 52.0 Å². The van der Waals surface area contributed by atoms with E-state index in [1.165, 1.54) is 11.1 Å². The number of esters is 1. The highest BCUT2D eigenvalue weighted by Crippen LogP contribution is 2.30. The van der Waals surface area contributed by atoms with Gasteiger partial charge in [0.25, 0.3) is 0 Å². The van der Waals surface area contributed by atoms with Crippen LogP contribution in [0.4, 0.5) is 0 Å². The number of carbonyl (C=O) groups excluding carboxylic acids is 1. The molecule has 30 heavy (non-hydrogen) atoms. The zero-order valence-corrected chi connectivity index (χ0v) is 20.0. The summed E-state index contributed by atoms with van der Waals surface area (Å²) in [6.07, 6.45) is 3.54. The fourth-order valence-electron chi connectivity index (χ4n) is 3.15. The lowest BCUT2D eigenvalue weighted by Crippen LogP contribution is -2.30. The summed E-state index contributed by atoms with van der Waals surface area (Å²) in [6.45, 7) is 16.4. The van der Waals surface area contributed by atoms with Crippen molar-refractivity contribution in [1.29, 1.82) is 0 Å². The van der Waals surface area contributed by atoms with Crippen LogP contribution in [0.5, 0.6) is 11.5 Å². The first kappa shape index (κ1) is 24.0. The highest BCUT2D eigenvalue weighted by atomic mass is 16.5. The highest BCUT2D eigenvalue weighted by molar-refractivity contribution is 5.78. The third-order valence-electron chi connectivity index (χ3n) is 6.38. The molecular weight excluding hydrogens is 372 g/mol. The summed E-state index contributed by atoms with van der Waals surface area (Å²) in [5, 5.41) is 0. The Hall–Kier alpha value is -2.29. The van der Waals surface area contributed by atoms with Crippen molar-refractivity contribution in [2.24, 2.45) is 5.41 Å². The average Bonchev–Trinajstić information content (AvgIpc) is 2.71. The number of carbonyl (C=O) groups is 1. The van der Waals surface area contributed by atoms with Crippen molar-refractivity contribution in [2.45, 2.75) is 86.7 Å². The Morgan fingerprint density at radius 3 is 1.73 bits per heavy atom. The Labute approximate surface area is 182 Å². The molecule has 0 amide bonds. The molecule has 0 saturated heterocycles. The smallest absolute Gasteiger partial charge is 0.316 e. The SMILES string of the molecule is CCC(C)(CC)Oc1ccc(Cc2ccc(OC(=O)C(C)(C)CC)c(C)c2)cc1C. The zero-order chi connectivity index (χ0) is 22.5. The van der Waals surface area contributed by atoms with E-state index in [9.17, 15) is 4.79 Å². The molecule has 0 atom stereocenters. The first-order valence-electron chi connectivity index (χ1n) is 11.1. The van der Waals surface area contributed by atoms with Gasteiger partial charge in [-0.15, -0.1) is 0 Å². The predicted molar refractivity (Wildman–Crippen MR) is 124 cm³/mol. The second-order valence-corrected chi connectivity index (χ2v) is 9.26. The number of ether oxygens (including phenoxy) is 2. The first-order valence-corrected chi connectivity index (χ1v) is 11.1. The van der Waals surface area contributed by atoms with Crippen molar-refractivity contribution in [3.63, 3.8) is 0 Å². The molecule has 0 aliphatic heterocycles. The molecule has 3 heteroatoms. The lowest BCUT2D eigenvalue weighted by molar-refractivity contribution is -0.144. The summed E-state index contributed by atoms with van der Waals surface area (Å²) < 4.78 is 11.9. The fraction of sp³-hybridized carbons (Fsp3) is 0.519. The molecule has 0 aromatic heterocycles. The van der Waals surface area contributed by atoms with Gasteiger partial charge in [-0.2, -0.15) is 0 Å². The second-order valence-electron chi connectivity index (χ2n) is 9.26. The van der Waals surface area contributed by atoms with Crippen LogP contribution in [0.3, 0.4) is 0 Å². The van der Waals surface area contributed by atoms with Gasteiger partial charge >= 0.3 is 5.97 Å². The van der Waals surface area contributed by atoms with Crippen molar-refractivity contribution in [3.8, 4) is 11.5 Å². The van der Waals surface area contributed by atoms with Crippen LogP contribution in [0.15, 0.2) is 36.4 Å². The molecule has 0 fully saturated rings. The molecule has 164 valence electrons. The van der Waals surface area contributed by atoms with Crippen LogP contribution in [-0.2, 0) is 11.2 Å². The van der Waals surface area contributed by atoms with E-state index < -0.39 is 5.41 Å². The second kappa shape index (κ2) is 9.68. The minimum absolute atomic E-state index is 0.122. The Morgan fingerprint density at radius 1 is 0.800 bits per heavy atom. The molecule has 0 heterocycles. The summed E-state index contributed by atoms with van der Waals surface area (Å²) in [7, 11) is 0. The van der Waals surface area contributed by atoms with Gasteiger partial charge in [-0.1, -0.05) is 45.0 Å². The Balaban J connectivity index is 2.13. The summed E-state index contributed by atoms with van der Waals surface area (Å²) in [5.41, 5.74) is 3.98. The van der Waals surface area contributed by atoms with E-state index in [-0.39, 0.29) is 11.6 Å². The number of benzene rings is 2. The van der Waals surface area contributed by atoms with Gasteiger partial charge in [0.05, 0.1) is 5.41 Å². The van der Waals surface area contributed by atoms with Crippen molar-refractivity contribution in [1.82, 2.24) is 0 Å². The van der Waals surface area contributed by atoms with E-state index in [4.69, 9.17) is 9.47 Å². The van der Waals surface area contributed by atoms with Crippen molar-refractivity contribution in [3.05, 3.63) is 58.7 Å². The minimum atomic E-state index is -0.474. The summed E-state index contributed by atoms with van der Waals surface area (Å²) in [4.78, 5) is 12.4. The lowest BCUT2D eigenvalue weighted by atomic mass is 9.90. The Morgan fingerprint density at radius 2 is 1.30 bits per heavy atom. The van der Waals surface area contributed by atoms with Crippen LogP contribution in [-0.4, -0.2) is 11.6 Å². The third-order valence-corrected chi connectivity index (χ3v) is 6.38. The van der Waals surface area contributed by atoms with Crippen LogP contribution in [0.2, 0.25) is 0 Å². The van der Waals surface area contributed by atoms with E-state index in [0.717, 1.165) is 42.6 Å². The first-order chi connectivity index (χ1) is 14.0. The Bertz CT molecular complexity index is 876. The number of hydrogen-bond acceptors (Lipinski definition) is 3. The molecule has 2 aromatic carbocycles. The molecule has 0 unspecified atom stereocenters. The maximum absolute atomic E-state index is 12.4. The van der Waals surface area contributed by atoms with Crippen molar-refractivity contribution in [2.75, 3.05) is 0 Å². The van der Waals surface area contributed by atoms with E-state index in [1.54, 1.807) is 0 Å². The summed E-state index contributed by atoms with van der Waals surface area (Å²) in [5.74, 6) is 1.42. The molecule has 0 radical (unpaired) electrons. The van der Waals surface area contributed by atoms with Gasteiger partial charge in [0.1, 0.15) is 17.1 Å². The van der Waals surface area contributed by atoms with Crippen LogP contribution >= 0.6 is 0 Å². The van der Waals surface area contributed by atoms with Gasteiger partial charge in [0.2, 0.25) is 0 Å². The molecular formula is C27H38O3. The fourth-order valence-corrected chi connectivity index (χ4v) is 3.15. The number of hydrogen-bond donors (Lipinski definition) is 0. The van der Waals surface area contributed by atoms with E-state index in [0.29, 0.717) is 5.75 Å². The van der Waals surface area contributed by atoms with Gasteiger partial charge in [-0.25, -0.2) is 0 Å². The maximum atomic E-state index is 12.4. The number of rotatable bonds is 9. The molecule has 0 bridgehead atoms. The quantitative estimate of drug-likeness (QED) is 0.324. The topological polar surface area (TPSA) is 35.5 Å². The average molecular weight is 411 g/mol. The zero-order valence-electron chi connectivity index (χ0n) is 20.0. The molecule has 0 aliphatic rings. The molecule has 0 spiro atoms. The minimum Gasteiger partial charge on any atom is -0.487 e. The van der Waals surface area contributed by atoms with Crippen molar-refractivity contribution >= 4 is 5.97 Å².